The average Bonchev–Trinajstić information content (AvgIpc) is 3.47. The van der Waals surface area contributed by atoms with Gasteiger partial charge in [-0.3, -0.25) is 4.57 Å². The molecule has 4 aromatic rings. The summed E-state index contributed by atoms with van der Waals surface area (Å²) in [4.78, 5) is 17.4. The monoisotopic (exact) mass is 446 g/mol. The molecule has 2 aromatic carbocycles. The van der Waals surface area contributed by atoms with Crippen LogP contribution < -0.4 is 5.32 Å². The molecular formula is C26H30N4O3. The minimum atomic E-state index is -0.158. The van der Waals surface area contributed by atoms with E-state index < -0.39 is 0 Å². The Morgan fingerprint density at radius 2 is 1.97 bits per heavy atom. The number of imidazole rings is 1. The van der Waals surface area contributed by atoms with E-state index in [2.05, 4.69) is 40.6 Å². The maximum Gasteiger partial charge on any atom is 0.325 e. The van der Waals surface area contributed by atoms with Gasteiger partial charge in [0.15, 0.2) is 0 Å². The molecule has 0 bridgehead atoms. The third-order valence-electron chi connectivity index (χ3n) is 5.74. The van der Waals surface area contributed by atoms with Crippen LogP contribution in [0.1, 0.15) is 24.2 Å². The summed E-state index contributed by atoms with van der Waals surface area (Å²) in [5.41, 5.74) is 3.97. The topological polar surface area (TPSA) is 81.3 Å². The minimum Gasteiger partial charge on any atom is -0.396 e. The molecule has 0 aliphatic carbocycles. The summed E-state index contributed by atoms with van der Waals surface area (Å²) in [6.45, 7) is 1.96. The van der Waals surface area contributed by atoms with E-state index in [9.17, 15) is 9.90 Å². The summed E-state index contributed by atoms with van der Waals surface area (Å²) >= 11 is 0. The number of carbonyl (C=O) groups is 1. The second kappa shape index (κ2) is 10.9. The summed E-state index contributed by atoms with van der Waals surface area (Å²) in [5.74, 6) is 0. The first kappa shape index (κ1) is 22.8. The molecule has 0 saturated carbocycles. The van der Waals surface area contributed by atoms with Crippen LogP contribution in [-0.2, 0) is 17.7 Å². The Morgan fingerprint density at radius 3 is 2.82 bits per heavy atom. The van der Waals surface area contributed by atoms with Crippen molar-refractivity contribution in [2.45, 2.75) is 25.8 Å². The number of aryl methyl sites for hydroxylation is 1. The fourth-order valence-electron chi connectivity index (χ4n) is 4.08. The highest BCUT2D eigenvalue weighted by Crippen LogP contribution is 2.30. The lowest BCUT2D eigenvalue weighted by atomic mass is 10.00. The number of aromatic nitrogens is 3. The van der Waals surface area contributed by atoms with Gasteiger partial charge in [0, 0.05) is 69.2 Å². The number of aliphatic hydroxyl groups is 1. The van der Waals surface area contributed by atoms with Crippen molar-refractivity contribution in [3.05, 3.63) is 78.6 Å². The maximum atomic E-state index is 13.1. The van der Waals surface area contributed by atoms with E-state index in [1.54, 1.807) is 18.0 Å². The van der Waals surface area contributed by atoms with Gasteiger partial charge in [-0.2, -0.15) is 0 Å². The Bertz CT molecular complexity index is 1210. The molecule has 0 aliphatic heterocycles. The zero-order valence-corrected chi connectivity index (χ0v) is 18.9. The van der Waals surface area contributed by atoms with Crippen LogP contribution in [0.15, 0.2) is 67.3 Å². The van der Waals surface area contributed by atoms with Crippen molar-refractivity contribution in [3.8, 4) is 11.1 Å². The zero-order valence-electron chi connectivity index (χ0n) is 18.9. The van der Waals surface area contributed by atoms with Crippen LogP contribution in [0.25, 0.3) is 21.9 Å². The van der Waals surface area contributed by atoms with Crippen LogP contribution in [0.3, 0.4) is 0 Å². The lowest BCUT2D eigenvalue weighted by Gasteiger charge is -2.11. The molecular weight excluding hydrogens is 416 g/mol. The summed E-state index contributed by atoms with van der Waals surface area (Å²) in [5, 5.41) is 14.5. The largest absolute Gasteiger partial charge is 0.396 e. The van der Waals surface area contributed by atoms with Gasteiger partial charge in [-0.15, -0.1) is 0 Å². The maximum absolute atomic E-state index is 13.1. The molecule has 4 rings (SSSR count). The predicted molar refractivity (Wildman–Crippen MR) is 129 cm³/mol. The molecule has 0 radical (unpaired) electrons. The smallest absolute Gasteiger partial charge is 0.325 e. The van der Waals surface area contributed by atoms with Gasteiger partial charge in [0.1, 0.15) is 0 Å². The minimum absolute atomic E-state index is 0.128. The quantitative estimate of drug-likeness (QED) is 0.360. The van der Waals surface area contributed by atoms with Crippen LogP contribution in [-0.4, -0.2) is 52.1 Å². The highest BCUT2D eigenvalue weighted by atomic mass is 16.5. The number of ether oxygens (including phenoxy) is 1. The van der Waals surface area contributed by atoms with Crippen LogP contribution in [0, 0.1) is 0 Å². The standard InChI is InChI=1S/C26H30N4O3/c1-33-14-5-11-28-26(32)30-18-21(25-10-4-8-20-7-2-3-9-24(20)25)15-22(30)16-23-17-27-19-29(23)12-6-13-31/h2-4,7-10,15,17-19,31H,5-6,11-14,16H2,1H3,(H,28,32). The number of fused-ring (bicyclic) bond motifs is 1. The number of hydrogen-bond donors (Lipinski definition) is 2. The summed E-state index contributed by atoms with van der Waals surface area (Å²) < 4.78 is 8.82. The van der Waals surface area contributed by atoms with E-state index in [-0.39, 0.29) is 12.6 Å². The Balaban J connectivity index is 1.69. The molecule has 0 unspecified atom stereocenters. The Labute approximate surface area is 193 Å². The number of nitrogens with zero attached hydrogens (tertiary/aromatic N) is 3. The fraction of sp³-hybridized carbons (Fsp3) is 0.308. The second-order valence-corrected chi connectivity index (χ2v) is 8.03. The van der Waals surface area contributed by atoms with Crippen LogP contribution in [0.5, 0.6) is 0 Å². The van der Waals surface area contributed by atoms with Crippen molar-refractivity contribution in [1.82, 2.24) is 19.4 Å². The SMILES string of the molecule is COCCCNC(=O)n1cc(-c2cccc3ccccc23)cc1Cc1cncn1CCCO. The molecule has 2 heterocycles. The van der Waals surface area contributed by atoms with Gasteiger partial charge in [0.2, 0.25) is 0 Å². The Hall–Kier alpha value is -3.42. The molecule has 0 fully saturated rings. The van der Waals surface area contributed by atoms with Crippen molar-refractivity contribution in [1.29, 1.82) is 0 Å². The summed E-state index contributed by atoms with van der Waals surface area (Å²) in [7, 11) is 1.66. The molecule has 2 N–H and O–H groups in total. The van der Waals surface area contributed by atoms with Gasteiger partial charge >= 0.3 is 6.03 Å². The van der Waals surface area contributed by atoms with Gasteiger partial charge < -0.3 is 19.7 Å². The molecule has 0 atom stereocenters. The predicted octanol–water partition coefficient (Wildman–Crippen LogP) is 4.07. The second-order valence-electron chi connectivity index (χ2n) is 8.03. The molecule has 7 heteroatoms. The van der Waals surface area contributed by atoms with Crippen molar-refractivity contribution in [2.75, 3.05) is 26.9 Å². The number of nitrogens with one attached hydrogen (secondary N) is 1. The van der Waals surface area contributed by atoms with Gasteiger partial charge in [-0.1, -0.05) is 42.5 Å². The van der Waals surface area contributed by atoms with E-state index in [1.165, 1.54) is 0 Å². The zero-order chi connectivity index (χ0) is 23.0. The normalized spacial score (nSPS) is 11.2. The summed E-state index contributed by atoms with van der Waals surface area (Å²) in [6, 6.07) is 16.4. The average molecular weight is 447 g/mol. The molecule has 172 valence electrons. The van der Waals surface area contributed by atoms with Crippen LogP contribution >= 0.6 is 0 Å². The fourth-order valence-corrected chi connectivity index (χ4v) is 4.08. The van der Waals surface area contributed by atoms with Crippen molar-refractivity contribution in [3.63, 3.8) is 0 Å². The number of amides is 1. The third kappa shape index (κ3) is 5.32. The molecule has 0 spiro atoms. The van der Waals surface area contributed by atoms with Crippen molar-refractivity contribution < 1.29 is 14.6 Å². The number of rotatable bonds is 10. The molecule has 7 nitrogen and oxygen atoms in total. The number of methoxy groups -OCH3 is 1. The highest BCUT2D eigenvalue weighted by molar-refractivity contribution is 5.97. The lowest BCUT2D eigenvalue weighted by Crippen LogP contribution is -2.30. The van der Waals surface area contributed by atoms with Gasteiger partial charge in [-0.25, -0.2) is 9.78 Å². The number of carbonyl (C=O) groups excluding carboxylic acids is 1. The third-order valence-corrected chi connectivity index (χ3v) is 5.74. The molecule has 33 heavy (non-hydrogen) atoms. The molecule has 0 saturated heterocycles. The van der Waals surface area contributed by atoms with E-state index in [0.717, 1.165) is 39.7 Å². The lowest BCUT2D eigenvalue weighted by molar-refractivity contribution is 0.193. The first-order valence-corrected chi connectivity index (χ1v) is 11.3. The molecule has 0 aliphatic rings. The van der Waals surface area contributed by atoms with Gasteiger partial charge in [-0.05, 0) is 35.2 Å². The van der Waals surface area contributed by atoms with Crippen molar-refractivity contribution >= 4 is 16.8 Å². The Kier molecular flexibility index (Phi) is 7.55. The first-order chi connectivity index (χ1) is 16.2. The molecule has 1 amide bonds. The van der Waals surface area contributed by atoms with E-state index in [4.69, 9.17) is 4.74 Å². The van der Waals surface area contributed by atoms with E-state index in [0.29, 0.717) is 32.5 Å². The van der Waals surface area contributed by atoms with Crippen LogP contribution in [0.2, 0.25) is 0 Å². The van der Waals surface area contributed by atoms with Crippen LogP contribution in [0.4, 0.5) is 4.79 Å². The molecule has 2 aromatic heterocycles. The number of aliphatic hydroxyl groups excluding tert-OH is 1. The Morgan fingerprint density at radius 1 is 1.12 bits per heavy atom. The van der Waals surface area contributed by atoms with E-state index in [1.807, 2.05) is 35.2 Å². The summed E-state index contributed by atoms with van der Waals surface area (Å²) in [6.07, 6.45) is 7.48. The van der Waals surface area contributed by atoms with Crippen molar-refractivity contribution in [2.24, 2.45) is 0 Å². The number of hydrogen-bond acceptors (Lipinski definition) is 4. The number of benzene rings is 2. The van der Waals surface area contributed by atoms with E-state index >= 15 is 0 Å². The highest BCUT2D eigenvalue weighted by Gasteiger charge is 2.16. The van der Waals surface area contributed by atoms with Gasteiger partial charge in [0.05, 0.1) is 6.33 Å². The van der Waals surface area contributed by atoms with Gasteiger partial charge in [0.25, 0.3) is 0 Å². The first-order valence-electron chi connectivity index (χ1n) is 11.3.